The van der Waals surface area contributed by atoms with Crippen molar-refractivity contribution in [1.29, 1.82) is 0 Å². The Morgan fingerprint density at radius 2 is 2.10 bits per heavy atom. The number of rotatable bonds is 4. The van der Waals surface area contributed by atoms with Crippen molar-refractivity contribution in [3.05, 3.63) is 71.4 Å². The summed E-state index contributed by atoms with van der Waals surface area (Å²) in [7, 11) is 0. The number of benzene rings is 1. The summed E-state index contributed by atoms with van der Waals surface area (Å²) in [6.07, 6.45) is 4.86. The largest absolute Gasteiger partial charge is 0.398 e. The second-order valence-electron chi connectivity index (χ2n) is 7.16. The molecule has 0 saturated carbocycles. The molecule has 5 N–H and O–H groups in total. The lowest BCUT2D eigenvalue weighted by Crippen LogP contribution is -2.48. The van der Waals surface area contributed by atoms with Gasteiger partial charge < -0.3 is 21.7 Å². The standard InChI is InChI=1S/C22H23FN6O/c1-14-4-2-3-5-16(14)19(25)11-20-18(24)6-8-29(20)22-17(23)10-15(12-27-22)28-9-7-26-13-21(28)30/h2-6,8,10-12,26H,7,9,13,24-25H2,1H3/b19-11-. The lowest BCUT2D eigenvalue weighted by molar-refractivity contribution is -0.118. The Kier molecular flexibility index (Phi) is 5.24. The number of halogens is 1. The van der Waals surface area contributed by atoms with E-state index < -0.39 is 5.82 Å². The van der Waals surface area contributed by atoms with Gasteiger partial charge in [-0.1, -0.05) is 24.3 Å². The van der Waals surface area contributed by atoms with E-state index in [0.29, 0.717) is 35.9 Å². The molecule has 0 bridgehead atoms. The summed E-state index contributed by atoms with van der Waals surface area (Å²) in [5.41, 5.74) is 16.3. The number of amides is 1. The van der Waals surface area contributed by atoms with Gasteiger partial charge in [0, 0.05) is 36.6 Å². The van der Waals surface area contributed by atoms with Gasteiger partial charge in [0.15, 0.2) is 11.6 Å². The van der Waals surface area contributed by atoms with Gasteiger partial charge in [-0.3, -0.25) is 9.36 Å². The van der Waals surface area contributed by atoms with Gasteiger partial charge in [-0.2, -0.15) is 0 Å². The highest BCUT2D eigenvalue weighted by molar-refractivity contribution is 5.95. The van der Waals surface area contributed by atoms with E-state index in [1.807, 2.05) is 31.2 Å². The first-order chi connectivity index (χ1) is 14.5. The van der Waals surface area contributed by atoms with E-state index in [1.165, 1.54) is 17.2 Å². The van der Waals surface area contributed by atoms with Crippen LogP contribution in [0.2, 0.25) is 0 Å². The fourth-order valence-electron chi connectivity index (χ4n) is 3.54. The minimum atomic E-state index is -0.557. The predicted octanol–water partition coefficient (Wildman–Crippen LogP) is 2.30. The molecule has 0 unspecified atom stereocenters. The number of hydrogen-bond donors (Lipinski definition) is 3. The number of nitrogens with two attached hydrogens (primary N) is 2. The number of aromatic nitrogens is 2. The summed E-state index contributed by atoms with van der Waals surface area (Å²) in [6, 6.07) is 10.7. The van der Waals surface area contributed by atoms with Crippen molar-refractivity contribution in [3.8, 4) is 5.82 Å². The van der Waals surface area contributed by atoms with Crippen molar-refractivity contribution >= 4 is 29.1 Å². The van der Waals surface area contributed by atoms with Gasteiger partial charge >= 0.3 is 0 Å². The molecule has 0 aliphatic carbocycles. The molecule has 0 radical (unpaired) electrons. The first-order valence-electron chi connectivity index (χ1n) is 9.62. The summed E-state index contributed by atoms with van der Waals surface area (Å²) in [6.45, 7) is 3.31. The third-order valence-electron chi connectivity index (χ3n) is 5.14. The van der Waals surface area contributed by atoms with Crippen LogP contribution >= 0.6 is 0 Å². The summed E-state index contributed by atoms with van der Waals surface area (Å²) in [5, 5.41) is 2.99. The van der Waals surface area contributed by atoms with Crippen LogP contribution in [0.1, 0.15) is 16.8 Å². The third-order valence-corrected chi connectivity index (χ3v) is 5.14. The molecule has 7 nitrogen and oxygen atoms in total. The minimum absolute atomic E-state index is 0.0851. The quantitative estimate of drug-likeness (QED) is 0.617. The number of nitrogens with one attached hydrogen (secondary N) is 1. The Morgan fingerprint density at radius 3 is 2.83 bits per heavy atom. The second kappa shape index (κ2) is 8.00. The molecule has 8 heteroatoms. The van der Waals surface area contributed by atoms with Crippen LogP contribution in [0.15, 0.2) is 48.8 Å². The number of piperazine rings is 1. The number of hydrogen-bond acceptors (Lipinski definition) is 5. The van der Waals surface area contributed by atoms with Crippen molar-refractivity contribution in [2.45, 2.75) is 6.92 Å². The molecular weight excluding hydrogens is 383 g/mol. The topological polar surface area (TPSA) is 102 Å². The van der Waals surface area contributed by atoms with Crippen LogP contribution in [0.3, 0.4) is 0 Å². The maximum Gasteiger partial charge on any atom is 0.241 e. The van der Waals surface area contributed by atoms with Crippen LogP contribution in [0.25, 0.3) is 17.6 Å². The van der Waals surface area contributed by atoms with E-state index in [1.54, 1.807) is 22.9 Å². The number of carbonyl (C=O) groups is 1. The molecule has 1 fully saturated rings. The van der Waals surface area contributed by atoms with E-state index in [9.17, 15) is 4.79 Å². The summed E-state index contributed by atoms with van der Waals surface area (Å²) >= 11 is 0. The van der Waals surface area contributed by atoms with E-state index >= 15 is 4.39 Å². The Bertz CT molecular complexity index is 1140. The average Bonchev–Trinajstić information content (AvgIpc) is 3.08. The van der Waals surface area contributed by atoms with Crippen LogP contribution in [0, 0.1) is 12.7 Å². The van der Waals surface area contributed by atoms with E-state index in [0.717, 1.165) is 11.1 Å². The highest BCUT2D eigenvalue weighted by Gasteiger charge is 2.21. The molecule has 2 aromatic heterocycles. The predicted molar refractivity (Wildman–Crippen MR) is 116 cm³/mol. The Balaban J connectivity index is 1.72. The van der Waals surface area contributed by atoms with Gasteiger partial charge in [-0.25, -0.2) is 9.37 Å². The van der Waals surface area contributed by atoms with Crippen LogP contribution < -0.4 is 21.7 Å². The Labute approximate surface area is 173 Å². The number of aryl methyl sites for hydroxylation is 1. The number of nitrogens with zero attached hydrogens (tertiary/aromatic N) is 3. The number of anilines is 2. The van der Waals surface area contributed by atoms with Crippen LogP contribution in [-0.2, 0) is 4.79 Å². The lowest BCUT2D eigenvalue weighted by atomic mass is 10.1. The maximum atomic E-state index is 15.0. The molecule has 0 atom stereocenters. The molecule has 154 valence electrons. The van der Waals surface area contributed by atoms with Gasteiger partial charge in [0.1, 0.15) is 0 Å². The molecule has 1 aromatic carbocycles. The summed E-state index contributed by atoms with van der Waals surface area (Å²) in [4.78, 5) is 17.9. The summed E-state index contributed by atoms with van der Waals surface area (Å²) < 4.78 is 16.6. The zero-order valence-corrected chi connectivity index (χ0v) is 16.6. The molecule has 30 heavy (non-hydrogen) atoms. The molecule has 0 spiro atoms. The first-order valence-corrected chi connectivity index (χ1v) is 9.62. The molecule has 1 amide bonds. The zero-order valence-electron chi connectivity index (χ0n) is 16.6. The smallest absolute Gasteiger partial charge is 0.241 e. The summed E-state index contributed by atoms with van der Waals surface area (Å²) in [5.74, 6) is -0.588. The lowest BCUT2D eigenvalue weighted by Gasteiger charge is -2.27. The highest BCUT2D eigenvalue weighted by Crippen LogP contribution is 2.26. The van der Waals surface area contributed by atoms with Gasteiger partial charge in [0.25, 0.3) is 0 Å². The Morgan fingerprint density at radius 1 is 1.30 bits per heavy atom. The van der Waals surface area contributed by atoms with Crippen molar-refractivity contribution in [2.24, 2.45) is 5.73 Å². The SMILES string of the molecule is Cc1ccccc1/C(N)=C/c1c(N)ccn1-c1ncc(N2CCNCC2=O)cc1F. The molecule has 1 aliphatic rings. The van der Waals surface area contributed by atoms with Crippen molar-refractivity contribution in [1.82, 2.24) is 14.9 Å². The fraction of sp³-hybridized carbons (Fsp3) is 0.182. The van der Waals surface area contributed by atoms with Crippen LogP contribution in [-0.4, -0.2) is 35.1 Å². The van der Waals surface area contributed by atoms with Gasteiger partial charge in [-0.05, 0) is 24.6 Å². The molecular formula is C22H23FN6O. The third kappa shape index (κ3) is 3.65. The minimum Gasteiger partial charge on any atom is -0.398 e. The second-order valence-corrected chi connectivity index (χ2v) is 7.16. The zero-order chi connectivity index (χ0) is 21.3. The molecule has 1 aliphatic heterocycles. The monoisotopic (exact) mass is 406 g/mol. The normalized spacial score (nSPS) is 14.9. The average molecular weight is 406 g/mol. The van der Waals surface area contributed by atoms with E-state index in [2.05, 4.69) is 10.3 Å². The van der Waals surface area contributed by atoms with Crippen molar-refractivity contribution in [2.75, 3.05) is 30.3 Å². The molecule has 1 saturated heterocycles. The van der Waals surface area contributed by atoms with E-state index in [-0.39, 0.29) is 18.3 Å². The van der Waals surface area contributed by atoms with E-state index in [4.69, 9.17) is 11.5 Å². The Hall–Kier alpha value is -3.65. The first kappa shape index (κ1) is 19.7. The van der Waals surface area contributed by atoms with Gasteiger partial charge in [-0.15, -0.1) is 0 Å². The fourth-order valence-corrected chi connectivity index (χ4v) is 3.54. The number of carbonyl (C=O) groups excluding carboxylic acids is 1. The van der Waals surface area contributed by atoms with Crippen molar-refractivity contribution < 1.29 is 9.18 Å². The molecule has 4 rings (SSSR count). The highest BCUT2D eigenvalue weighted by atomic mass is 19.1. The van der Waals surface area contributed by atoms with Gasteiger partial charge in [0.2, 0.25) is 5.91 Å². The molecule has 3 heterocycles. The van der Waals surface area contributed by atoms with Gasteiger partial charge in [0.05, 0.1) is 29.8 Å². The number of pyridine rings is 1. The maximum absolute atomic E-state index is 15.0. The molecule has 3 aromatic rings. The van der Waals surface area contributed by atoms with Crippen LogP contribution in [0.5, 0.6) is 0 Å². The van der Waals surface area contributed by atoms with Crippen LogP contribution in [0.4, 0.5) is 15.8 Å². The number of nitrogen functional groups attached to an aromatic ring is 1. The van der Waals surface area contributed by atoms with Crippen molar-refractivity contribution in [3.63, 3.8) is 0 Å².